The van der Waals surface area contributed by atoms with Crippen molar-refractivity contribution >= 4 is 18.9 Å². The highest BCUT2D eigenvalue weighted by atomic mass is 19.1. The van der Waals surface area contributed by atoms with Gasteiger partial charge in [0.15, 0.2) is 0 Å². The van der Waals surface area contributed by atoms with Crippen molar-refractivity contribution < 1.29 is 28.8 Å². The number of carboxylic acids is 1. The molecular formula is C13H14BFO5. The van der Waals surface area contributed by atoms with Gasteiger partial charge in [-0.15, -0.1) is 0 Å². The van der Waals surface area contributed by atoms with Crippen molar-refractivity contribution in [2.45, 2.75) is 32.5 Å². The molecule has 1 atom stereocenters. The number of Topliss-reactive ketones (excluding diaryl/α,β-unsaturated/α-hetero) is 1. The molecule has 1 aromatic carbocycles. The quantitative estimate of drug-likeness (QED) is 0.821. The lowest BCUT2D eigenvalue weighted by molar-refractivity contribution is -0.117. The summed E-state index contributed by atoms with van der Waals surface area (Å²) in [7, 11) is -1.27. The minimum atomic E-state index is -1.31. The second kappa shape index (κ2) is 5.24. The molecule has 0 aromatic heterocycles. The third-order valence-electron chi connectivity index (χ3n) is 3.44. The van der Waals surface area contributed by atoms with Crippen LogP contribution in [0.3, 0.4) is 0 Å². The number of benzene rings is 1. The largest absolute Gasteiger partial charge is 0.535 e. The highest BCUT2D eigenvalue weighted by Gasteiger charge is 2.38. The molecule has 0 aliphatic carbocycles. The number of hydrogen-bond acceptors (Lipinski definition) is 4. The fourth-order valence-corrected chi connectivity index (χ4v) is 2.46. The van der Waals surface area contributed by atoms with Crippen molar-refractivity contribution in [3.63, 3.8) is 0 Å². The maximum absolute atomic E-state index is 13.8. The molecule has 2 N–H and O–H groups in total. The first-order valence-electron chi connectivity index (χ1n) is 6.20. The van der Waals surface area contributed by atoms with Crippen LogP contribution in [-0.4, -0.2) is 29.0 Å². The van der Waals surface area contributed by atoms with E-state index in [4.69, 9.17) is 9.76 Å². The van der Waals surface area contributed by atoms with E-state index >= 15 is 0 Å². The maximum Gasteiger partial charge on any atom is 0.526 e. The average molecular weight is 280 g/mol. The molecule has 0 saturated carbocycles. The smallest absolute Gasteiger partial charge is 0.526 e. The van der Waals surface area contributed by atoms with E-state index in [1.807, 2.05) is 0 Å². The Bertz CT molecular complexity index is 587. The molecule has 20 heavy (non-hydrogen) atoms. The van der Waals surface area contributed by atoms with Crippen molar-refractivity contribution in [1.29, 1.82) is 0 Å². The van der Waals surface area contributed by atoms with Crippen molar-refractivity contribution in [1.82, 2.24) is 0 Å². The average Bonchev–Trinajstić information content (AvgIpc) is 2.32. The molecular weight excluding hydrogens is 266 g/mol. The van der Waals surface area contributed by atoms with E-state index in [0.717, 1.165) is 0 Å². The Balaban J connectivity index is 2.48. The van der Waals surface area contributed by atoms with E-state index in [0.29, 0.717) is 5.56 Å². The molecule has 2 rings (SSSR count). The number of carbonyl (C=O) groups excluding carboxylic acids is 1. The third kappa shape index (κ3) is 2.53. The van der Waals surface area contributed by atoms with Gasteiger partial charge in [0.05, 0.1) is 0 Å². The van der Waals surface area contributed by atoms with Crippen LogP contribution in [0.25, 0.3) is 0 Å². The second-order valence-electron chi connectivity index (χ2n) is 5.03. The SMILES string of the molecule is CC(=O)C[C@H]1Cc2cc(F)c(C)c(C(=O)O)c2OB1O. The molecule has 0 saturated heterocycles. The van der Waals surface area contributed by atoms with Gasteiger partial charge < -0.3 is 19.6 Å². The number of hydrogen-bond donors (Lipinski definition) is 2. The van der Waals surface area contributed by atoms with Crippen LogP contribution in [0.1, 0.15) is 34.8 Å². The van der Waals surface area contributed by atoms with Gasteiger partial charge in [-0.05, 0) is 31.9 Å². The van der Waals surface area contributed by atoms with Gasteiger partial charge in [0.2, 0.25) is 0 Å². The zero-order valence-electron chi connectivity index (χ0n) is 11.1. The van der Waals surface area contributed by atoms with Crippen LogP contribution >= 0.6 is 0 Å². The number of carboxylic acid groups (broad SMARTS) is 1. The predicted molar refractivity (Wildman–Crippen MR) is 69.4 cm³/mol. The summed E-state index contributed by atoms with van der Waals surface area (Å²) in [6, 6.07) is 1.20. The maximum atomic E-state index is 13.8. The molecule has 1 heterocycles. The van der Waals surface area contributed by atoms with E-state index in [1.54, 1.807) is 0 Å². The molecule has 0 amide bonds. The molecule has 1 aliphatic rings. The Hall–Kier alpha value is -1.89. The zero-order chi connectivity index (χ0) is 15.0. The molecule has 0 fully saturated rings. The lowest BCUT2D eigenvalue weighted by Crippen LogP contribution is -2.36. The lowest BCUT2D eigenvalue weighted by atomic mass is 9.64. The molecule has 0 radical (unpaired) electrons. The molecule has 5 nitrogen and oxygen atoms in total. The fourth-order valence-electron chi connectivity index (χ4n) is 2.46. The number of carbonyl (C=O) groups is 2. The minimum absolute atomic E-state index is 0.0105. The number of ketones is 1. The standard InChI is InChI=1S/C13H14BFO5/c1-6(16)3-9-4-8-5-10(15)7(2)11(13(17)18)12(8)20-14(9)19/h5,9,19H,3-4H2,1-2H3,(H,17,18)/t9-/m0/s1. The van der Waals surface area contributed by atoms with E-state index in [2.05, 4.69) is 0 Å². The normalized spacial score (nSPS) is 17.4. The van der Waals surface area contributed by atoms with Crippen LogP contribution in [0.5, 0.6) is 5.75 Å². The van der Waals surface area contributed by atoms with E-state index in [1.165, 1.54) is 19.9 Å². The Morgan fingerprint density at radius 2 is 2.20 bits per heavy atom. The van der Waals surface area contributed by atoms with Gasteiger partial charge >= 0.3 is 13.1 Å². The van der Waals surface area contributed by atoms with E-state index in [-0.39, 0.29) is 35.5 Å². The topological polar surface area (TPSA) is 83.8 Å². The summed E-state index contributed by atoms with van der Waals surface area (Å²) < 4.78 is 19.0. The first-order chi connectivity index (χ1) is 9.31. The molecule has 1 aromatic rings. The number of aromatic carboxylic acids is 1. The first kappa shape index (κ1) is 14.5. The highest BCUT2D eigenvalue weighted by Crippen LogP contribution is 2.38. The summed E-state index contributed by atoms with van der Waals surface area (Å²) in [4.78, 5) is 22.4. The van der Waals surface area contributed by atoms with Gasteiger partial charge in [0.1, 0.15) is 22.9 Å². The molecule has 0 bridgehead atoms. The molecule has 106 valence electrons. The second-order valence-corrected chi connectivity index (χ2v) is 5.03. The van der Waals surface area contributed by atoms with E-state index < -0.39 is 24.7 Å². The summed E-state index contributed by atoms with van der Waals surface area (Å²) in [5.74, 6) is -2.57. The summed E-state index contributed by atoms with van der Waals surface area (Å²) >= 11 is 0. The Labute approximate surface area is 115 Å². The summed E-state index contributed by atoms with van der Waals surface area (Å²) in [6.45, 7) is 2.73. The monoisotopic (exact) mass is 280 g/mol. The Morgan fingerprint density at radius 3 is 2.75 bits per heavy atom. The summed E-state index contributed by atoms with van der Waals surface area (Å²) in [5, 5.41) is 19.0. The Kier molecular flexibility index (Phi) is 3.81. The van der Waals surface area contributed by atoms with Gasteiger partial charge in [-0.2, -0.15) is 0 Å². The van der Waals surface area contributed by atoms with Crippen molar-refractivity contribution in [3.05, 3.63) is 28.6 Å². The van der Waals surface area contributed by atoms with Crippen molar-refractivity contribution in [3.8, 4) is 5.75 Å². The van der Waals surface area contributed by atoms with Gasteiger partial charge in [0, 0.05) is 17.8 Å². The fraction of sp³-hybridized carbons (Fsp3) is 0.385. The Morgan fingerprint density at radius 1 is 1.55 bits per heavy atom. The highest BCUT2D eigenvalue weighted by molar-refractivity contribution is 6.47. The van der Waals surface area contributed by atoms with Crippen LogP contribution in [0.15, 0.2) is 6.07 Å². The molecule has 0 spiro atoms. The van der Waals surface area contributed by atoms with Crippen molar-refractivity contribution in [2.24, 2.45) is 0 Å². The number of rotatable bonds is 3. The van der Waals surface area contributed by atoms with Gasteiger partial charge in [-0.1, -0.05) is 0 Å². The number of halogens is 1. The summed E-state index contributed by atoms with van der Waals surface area (Å²) in [5.41, 5.74) is 0.0517. The predicted octanol–water partition coefficient (Wildman–Crippen LogP) is 1.60. The van der Waals surface area contributed by atoms with Gasteiger partial charge in [0.25, 0.3) is 0 Å². The number of fused-ring (bicyclic) bond motifs is 1. The van der Waals surface area contributed by atoms with E-state index in [9.17, 15) is 19.0 Å². The van der Waals surface area contributed by atoms with Crippen LogP contribution in [0.2, 0.25) is 5.82 Å². The van der Waals surface area contributed by atoms with Gasteiger partial charge in [-0.3, -0.25) is 0 Å². The third-order valence-corrected chi connectivity index (χ3v) is 3.44. The first-order valence-corrected chi connectivity index (χ1v) is 6.20. The zero-order valence-corrected chi connectivity index (χ0v) is 11.1. The molecule has 0 unspecified atom stereocenters. The van der Waals surface area contributed by atoms with Crippen LogP contribution in [0, 0.1) is 12.7 Å². The molecule has 7 heteroatoms. The molecule has 1 aliphatic heterocycles. The van der Waals surface area contributed by atoms with Crippen LogP contribution < -0.4 is 4.65 Å². The van der Waals surface area contributed by atoms with Gasteiger partial charge in [-0.25, -0.2) is 9.18 Å². The van der Waals surface area contributed by atoms with Crippen molar-refractivity contribution in [2.75, 3.05) is 0 Å². The summed E-state index contributed by atoms with van der Waals surface area (Å²) in [6.07, 6.45) is 0.298. The van der Waals surface area contributed by atoms with Crippen LogP contribution in [-0.2, 0) is 11.2 Å². The minimum Gasteiger partial charge on any atom is -0.535 e. The van der Waals surface area contributed by atoms with Crippen LogP contribution in [0.4, 0.5) is 4.39 Å². The lowest BCUT2D eigenvalue weighted by Gasteiger charge is -2.28.